The monoisotopic (exact) mass is 443 g/mol. The van der Waals surface area contributed by atoms with Gasteiger partial charge in [-0.15, -0.1) is 0 Å². The number of methoxy groups -OCH3 is 1. The lowest BCUT2D eigenvalue weighted by Crippen LogP contribution is -2.77. The third-order valence-corrected chi connectivity index (χ3v) is 6.65. The molecule has 174 valence electrons. The highest BCUT2D eigenvalue weighted by molar-refractivity contribution is 5.29. The Labute approximate surface area is 189 Å². The van der Waals surface area contributed by atoms with Crippen molar-refractivity contribution in [2.75, 3.05) is 13.7 Å². The van der Waals surface area contributed by atoms with Crippen molar-refractivity contribution in [2.45, 2.75) is 77.0 Å². The highest BCUT2D eigenvalue weighted by atomic mass is 16.8. The van der Waals surface area contributed by atoms with E-state index in [9.17, 15) is 4.79 Å². The molecule has 7 heteroatoms. The summed E-state index contributed by atoms with van der Waals surface area (Å²) in [7, 11) is 1.70. The van der Waals surface area contributed by atoms with Crippen LogP contribution in [0.1, 0.15) is 39.0 Å². The quantitative estimate of drug-likeness (QED) is 0.653. The second kappa shape index (κ2) is 8.30. The Morgan fingerprint density at radius 1 is 1.09 bits per heavy atom. The lowest BCUT2D eigenvalue weighted by atomic mass is 9.72. The first-order chi connectivity index (χ1) is 15.1. The van der Waals surface area contributed by atoms with E-state index in [-0.39, 0.29) is 17.6 Å². The first kappa shape index (κ1) is 23.0. The fourth-order valence-corrected chi connectivity index (χ4v) is 4.73. The minimum atomic E-state index is -0.669. The Kier molecular flexibility index (Phi) is 5.96. The van der Waals surface area contributed by atoms with E-state index < -0.39 is 17.0 Å². The van der Waals surface area contributed by atoms with Gasteiger partial charge in [0, 0.05) is 19.4 Å². The molecule has 2 aromatic rings. The number of aromatic nitrogens is 1. The molecular formula is C25H33NO6. The van der Waals surface area contributed by atoms with Gasteiger partial charge in [0.15, 0.2) is 11.5 Å². The number of hydrogen-bond donors (Lipinski definition) is 0. The van der Waals surface area contributed by atoms with Gasteiger partial charge in [0.2, 0.25) is 5.43 Å². The van der Waals surface area contributed by atoms with Crippen molar-refractivity contribution in [1.29, 1.82) is 0 Å². The second-order valence-electron chi connectivity index (χ2n) is 9.51. The van der Waals surface area contributed by atoms with Gasteiger partial charge in [0.05, 0.1) is 24.4 Å². The summed E-state index contributed by atoms with van der Waals surface area (Å²) < 4.78 is 32.2. The molecule has 3 atom stereocenters. The van der Waals surface area contributed by atoms with Crippen molar-refractivity contribution < 1.29 is 23.7 Å². The van der Waals surface area contributed by atoms with Crippen LogP contribution in [0.2, 0.25) is 0 Å². The molecule has 0 amide bonds. The highest BCUT2D eigenvalue weighted by Crippen LogP contribution is 2.50. The lowest BCUT2D eigenvalue weighted by Gasteiger charge is -2.61. The van der Waals surface area contributed by atoms with Crippen LogP contribution in [0.25, 0.3) is 0 Å². The topological polar surface area (TPSA) is 68.2 Å². The summed E-state index contributed by atoms with van der Waals surface area (Å²) >= 11 is 0. The minimum absolute atomic E-state index is 0.143. The molecule has 0 N–H and O–H groups in total. The van der Waals surface area contributed by atoms with Crippen LogP contribution in [-0.2, 0) is 32.1 Å². The summed E-state index contributed by atoms with van der Waals surface area (Å²) in [5, 5.41) is 0. The molecule has 2 fully saturated rings. The number of pyridine rings is 1. The first-order valence-electron chi connectivity index (χ1n) is 11.0. The maximum absolute atomic E-state index is 12.6. The summed E-state index contributed by atoms with van der Waals surface area (Å²) in [6.07, 6.45) is 1.23. The molecule has 3 heterocycles. The average Bonchev–Trinajstić information content (AvgIpc) is 3.11. The van der Waals surface area contributed by atoms with E-state index in [0.29, 0.717) is 25.5 Å². The molecule has 1 aromatic carbocycles. The maximum Gasteiger partial charge on any atom is 0.223 e. The van der Waals surface area contributed by atoms with E-state index in [4.69, 9.17) is 23.7 Å². The van der Waals surface area contributed by atoms with Gasteiger partial charge in [0.1, 0.15) is 24.4 Å². The number of nitrogens with zero attached hydrogens (tertiary/aromatic N) is 1. The predicted molar refractivity (Wildman–Crippen MR) is 120 cm³/mol. The third kappa shape index (κ3) is 3.99. The normalized spacial score (nSPS) is 28.3. The zero-order chi connectivity index (χ0) is 23.1. The van der Waals surface area contributed by atoms with Gasteiger partial charge in [-0.1, -0.05) is 30.3 Å². The van der Waals surface area contributed by atoms with Crippen LogP contribution in [0.4, 0.5) is 0 Å². The van der Waals surface area contributed by atoms with Crippen molar-refractivity contribution in [3.8, 4) is 5.75 Å². The van der Waals surface area contributed by atoms with Crippen molar-refractivity contribution in [3.05, 3.63) is 64.1 Å². The second-order valence-corrected chi connectivity index (χ2v) is 9.51. The molecule has 32 heavy (non-hydrogen) atoms. The number of hydrogen-bond acceptors (Lipinski definition) is 6. The molecule has 0 radical (unpaired) electrons. The van der Waals surface area contributed by atoms with Gasteiger partial charge in [-0.2, -0.15) is 0 Å². The van der Waals surface area contributed by atoms with E-state index in [0.717, 1.165) is 11.3 Å². The summed E-state index contributed by atoms with van der Waals surface area (Å²) in [5.41, 5.74) is 0.386. The molecule has 4 rings (SSSR count). The lowest BCUT2D eigenvalue weighted by molar-refractivity contribution is -0.371. The van der Waals surface area contributed by atoms with Gasteiger partial charge in [-0.3, -0.25) is 4.79 Å². The maximum atomic E-state index is 12.6. The van der Waals surface area contributed by atoms with Crippen LogP contribution in [0.15, 0.2) is 47.4 Å². The highest BCUT2D eigenvalue weighted by Gasteiger charge is 2.67. The van der Waals surface area contributed by atoms with Crippen LogP contribution < -0.4 is 10.2 Å². The minimum Gasteiger partial charge on any atom is -0.483 e. The van der Waals surface area contributed by atoms with Gasteiger partial charge in [-0.25, -0.2) is 0 Å². The zero-order valence-corrected chi connectivity index (χ0v) is 19.7. The molecule has 0 aliphatic carbocycles. The summed E-state index contributed by atoms with van der Waals surface area (Å²) in [4.78, 5) is 12.6. The SMILES string of the molecule is COC1(Cn2ccc(=O)c(OCc3ccccc3)c2C)C(C2COC(C)(C)O2)OC1(C)C. The van der Waals surface area contributed by atoms with E-state index >= 15 is 0 Å². The smallest absolute Gasteiger partial charge is 0.223 e. The van der Waals surface area contributed by atoms with E-state index in [1.165, 1.54) is 6.07 Å². The number of benzene rings is 1. The van der Waals surface area contributed by atoms with E-state index in [1.807, 2.05) is 69.5 Å². The van der Waals surface area contributed by atoms with Gasteiger partial charge in [0.25, 0.3) is 0 Å². The van der Waals surface area contributed by atoms with Gasteiger partial charge < -0.3 is 28.3 Å². The third-order valence-electron chi connectivity index (χ3n) is 6.65. The average molecular weight is 444 g/mol. The van der Waals surface area contributed by atoms with E-state index in [1.54, 1.807) is 13.3 Å². The Bertz CT molecular complexity index is 1010. The Morgan fingerprint density at radius 3 is 2.41 bits per heavy atom. The van der Waals surface area contributed by atoms with Crippen molar-refractivity contribution in [1.82, 2.24) is 4.57 Å². The largest absolute Gasteiger partial charge is 0.483 e. The Morgan fingerprint density at radius 2 is 1.81 bits per heavy atom. The molecular weight excluding hydrogens is 410 g/mol. The first-order valence-corrected chi connectivity index (χ1v) is 11.0. The van der Waals surface area contributed by atoms with Crippen LogP contribution in [0, 0.1) is 6.92 Å². The van der Waals surface area contributed by atoms with Crippen molar-refractivity contribution in [3.63, 3.8) is 0 Å². The van der Waals surface area contributed by atoms with Crippen LogP contribution in [0.3, 0.4) is 0 Å². The molecule has 0 spiro atoms. The van der Waals surface area contributed by atoms with Crippen molar-refractivity contribution in [2.24, 2.45) is 0 Å². The number of rotatable bonds is 7. The molecule has 7 nitrogen and oxygen atoms in total. The van der Waals surface area contributed by atoms with Gasteiger partial charge >= 0.3 is 0 Å². The summed E-state index contributed by atoms with van der Waals surface area (Å²) in [6, 6.07) is 11.3. The summed E-state index contributed by atoms with van der Waals surface area (Å²) in [5.74, 6) is -0.308. The van der Waals surface area contributed by atoms with Crippen LogP contribution in [0.5, 0.6) is 5.75 Å². The summed E-state index contributed by atoms with van der Waals surface area (Å²) in [6.45, 7) is 11.0. The zero-order valence-electron chi connectivity index (χ0n) is 19.7. The van der Waals surface area contributed by atoms with E-state index in [2.05, 4.69) is 0 Å². The predicted octanol–water partition coefficient (Wildman–Crippen LogP) is 3.45. The molecule has 3 unspecified atom stereocenters. The molecule has 0 saturated carbocycles. The number of ether oxygens (including phenoxy) is 5. The Hall–Kier alpha value is -2.19. The van der Waals surface area contributed by atoms with Crippen LogP contribution >= 0.6 is 0 Å². The standard InChI is InChI=1S/C25H33NO6/c1-17-21(29-14-18-10-8-7-9-11-18)19(27)12-13-26(17)16-25(28-6)22(32-23(25,2)3)20-15-30-24(4,5)31-20/h7-13,20,22H,14-16H2,1-6H3. The Balaban J connectivity index is 1.60. The molecule has 0 bridgehead atoms. The fraction of sp³-hybridized carbons (Fsp3) is 0.560. The molecule has 2 aliphatic heterocycles. The van der Waals surface area contributed by atoms with Crippen molar-refractivity contribution >= 4 is 0 Å². The van der Waals surface area contributed by atoms with Crippen LogP contribution in [-0.4, -0.2) is 47.5 Å². The molecule has 1 aromatic heterocycles. The van der Waals surface area contributed by atoms with Gasteiger partial charge in [-0.05, 0) is 40.2 Å². The molecule has 2 aliphatic rings. The fourth-order valence-electron chi connectivity index (χ4n) is 4.73. The molecule has 2 saturated heterocycles.